The third-order valence-corrected chi connectivity index (χ3v) is 3.98. The van der Waals surface area contributed by atoms with Crippen LogP contribution in [0.25, 0.3) is 10.9 Å². The van der Waals surface area contributed by atoms with Crippen LogP contribution in [0.3, 0.4) is 0 Å². The number of rotatable bonds is 5. The molecule has 0 unspecified atom stereocenters. The minimum Gasteiger partial charge on any atom is -0.392 e. The van der Waals surface area contributed by atoms with Crippen molar-refractivity contribution >= 4 is 22.5 Å². The molecule has 0 aliphatic heterocycles. The van der Waals surface area contributed by atoms with Crippen molar-refractivity contribution in [3.63, 3.8) is 0 Å². The summed E-state index contributed by atoms with van der Waals surface area (Å²) in [5.74, 6) is -0.129. The lowest BCUT2D eigenvalue weighted by Crippen LogP contribution is -2.15. The van der Waals surface area contributed by atoms with E-state index in [9.17, 15) is 9.90 Å². The molecule has 23 heavy (non-hydrogen) atoms. The highest BCUT2D eigenvalue weighted by molar-refractivity contribution is 5.96. The number of anilines is 1. The molecule has 0 atom stereocenters. The summed E-state index contributed by atoms with van der Waals surface area (Å²) in [5.41, 5.74) is 4.50. The molecule has 2 heterocycles. The summed E-state index contributed by atoms with van der Waals surface area (Å²) >= 11 is 0. The summed E-state index contributed by atoms with van der Waals surface area (Å²) in [6.07, 6.45) is 6.24. The zero-order valence-electron chi connectivity index (χ0n) is 13.0. The molecule has 2 aromatic heterocycles. The maximum absolute atomic E-state index is 12.3. The number of aromatic amines is 1. The summed E-state index contributed by atoms with van der Waals surface area (Å²) in [6.45, 7) is 1.98. The van der Waals surface area contributed by atoms with Gasteiger partial charge in [0.2, 0.25) is 5.91 Å². The van der Waals surface area contributed by atoms with E-state index in [4.69, 9.17) is 0 Å². The largest absolute Gasteiger partial charge is 0.392 e. The number of benzene rings is 1. The van der Waals surface area contributed by atoms with Crippen LogP contribution in [0.1, 0.15) is 23.6 Å². The van der Waals surface area contributed by atoms with Crippen molar-refractivity contribution in [2.45, 2.75) is 26.4 Å². The van der Waals surface area contributed by atoms with Gasteiger partial charge >= 0.3 is 0 Å². The first-order valence-corrected chi connectivity index (χ1v) is 7.64. The zero-order chi connectivity index (χ0) is 16.2. The Balaban J connectivity index is 1.81. The molecule has 3 N–H and O–H groups in total. The topological polar surface area (TPSA) is 78.0 Å². The molecule has 0 fully saturated rings. The molecule has 5 heteroatoms. The van der Waals surface area contributed by atoms with Gasteiger partial charge in [-0.3, -0.25) is 9.78 Å². The first-order valence-electron chi connectivity index (χ1n) is 7.64. The van der Waals surface area contributed by atoms with Crippen molar-refractivity contribution in [2.24, 2.45) is 0 Å². The number of nitrogens with one attached hydrogen (secondary N) is 2. The number of aliphatic hydroxyl groups excluding tert-OH is 1. The quantitative estimate of drug-likeness (QED) is 0.678. The summed E-state index contributed by atoms with van der Waals surface area (Å²) in [7, 11) is 0. The SMILES string of the molecule is CCc1cccc2c(CC(=O)Nc3cnccc3CO)c[nH]c12. The van der Waals surface area contributed by atoms with Crippen LogP contribution in [0.4, 0.5) is 5.69 Å². The van der Waals surface area contributed by atoms with E-state index in [0.717, 1.165) is 22.9 Å². The summed E-state index contributed by atoms with van der Waals surface area (Å²) in [4.78, 5) is 19.6. The molecule has 118 valence electrons. The predicted molar refractivity (Wildman–Crippen MR) is 90.2 cm³/mol. The molecule has 5 nitrogen and oxygen atoms in total. The molecule has 3 aromatic rings. The van der Waals surface area contributed by atoms with Gasteiger partial charge in [-0.15, -0.1) is 0 Å². The van der Waals surface area contributed by atoms with Crippen LogP contribution in [0.5, 0.6) is 0 Å². The highest BCUT2D eigenvalue weighted by atomic mass is 16.3. The van der Waals surface area contributed by atoms with E-state index in [1.54, 1.807) is 18.5 Å². The fraction of sp³-hybridized carbons (Fsp3) is 0.222. The average molecular weight is 309 g/mol. The predicted octanol–water partition coefficient (Wildman–Crippen LogP) is 2.80. The van der Waals surface area contributed by atoms with Crippen LogP contribution in [-0.2, 0) is 24.2 Å². The average Bonchev–Trinajstić information content (AvgIpc) is 2.98. The molecule has 0 saturated heterocycles. The number of aromatic nitrogens is 2. The molecule has 1 aromatic carbocycles. The van der Waals surface area contributed by atoms with Gasteiger partial charge in [0.25, 0.3) is 0 Å². The zero-order valence-corrected chi connectivity index (χ0v) is 13.0. The number of nitrogens with zero attached hydrogens (tertiary/aromatic N) is 1. The Morgan fingerprint density at radius 2 is 2.13 bits per heavy atom. The summed E-state index contributed by atoms with van der Waals surface area (Å²) in [6, 6.07) is 7.82. The van der Waals surface area contributed by atoms with E-state index >= 15 is 0 Å². The maximum Gasteiger partial charge on any atom is 0.228 e. The van der Waals surface area contributed by atoms with Gasteiger partial charge in [0.15, 0.2) is 0 Å². The number of fused-ring (bicyclic) bond motifs is 1. The second-order valence-electron chi connectivity index (χ2n) is 5.42. The number of carbonyl (C=O) groups is 1. The molecule has 1 amide bonds. The Morgan fingerprint density at radius 3 is 2.91 bits per heavy atom. The van der Waals surface area contributed by atoms with Crippen LogP contribution in [0.2, 0.25) is 0 Å². The molecule has 0 spiro atoms. The van der Waals surface area contributed by atoms with Gasteiger partial charge in [0, 0.05) is 28.9 Å². The van der Waals surface area contributed by atoms with Gasteiger partial charge in [-0.25, -0.2) is 0 Å². The number of amides is 1. The lowest BCUT2D eigenvalue weighted by molar-refractivity contribution is -0.115. The third-order valence-electron chi connectivity index (χ3n) is 3.98. The molecule has 0 radical (unpaired) electrons. The Bertz CT molecular complexity index is 839. The smallest absolute Gasteiger partial charge is 0.228 e. The van der Waals surface area contributed by atoms with Gasteiger partial charge in [-0.05, 0) is 23.6 Å². The van der Waals surface area contributed by atoms with Crippen molar-refractivity contribution in [1.82, 2.24) is 9.97 Å². The van der Waals surface area contributed by atoms with Gasteiger partial charge in [0.1, 0.15) is 0 Å². The molecular formula is C18H19N3O2. The van der Waals surface area contributed by atoms with Gasteiger partial charge in [0.05, 0.1) is 24.9 Å². The van der Waals surface area contributed by atoms with Crippen LogP contribution in [0.15, 0.2) is 42.9 Å². The molecular weight excluding hydrogens is 290 g/mol. The standard InChI is InChI=1S/C18H19N3O2/c1-2-12-4-3-5-15-14(9-20-18(12)15)8-17(23)21-16-10-19-7-6-13(16)11-22/h3-7,9-10,20,22H,2,8,11H2,1H3,(H,21,23). The van der Waals surface area contributed by atoms with Crippen molar-refractivity contribution in [3.8, 4) is 0 Å². The first kappa shape index (κ1) is 15.2. The highest BCUT2D eigenvalue weighted by Gasteiger charge is 2.12. The van der Waals surface area contributed by atoms with Crippen LogP contribution in [0, 0.1) is 0 Å². The Morgan fingerprint density at radius 1 is 1.26 bits per heavy atom. The van der Waals surface area contributed by atoms with E-state index in [2.05, 4.69) is 28.3 Å². The fourth-order valence-electron chi connectivity index (χ4n) is 2.76. The number of H-pyrrole nitrogens is 1. The third kappa shape index (κ3) is 3.10. The minimum atomic E-state index is -0.134. The number of para-hydroxylation sites is 1. The number of hydrogen-bond donors (Lipinski definition) is 3. The summed E-state index contributed by atoms with van der Waals surface area (Å²) in [5, 5.41) is 13.2. The van der Waals surface area contributed by atoms with Crippen molar-refractivity contribution in [3.05, 3.63) is 59.5 Å². The molecule has 3 rings (SSSR count). The van der Waals surface area contributed by atoms with Crippen molar-refractivity contribution in [2.75, 3.05) is 5.32 Å². The molecule has 0 aliphatic carbocycles. The summed E-state index contributed by atoms with van der Waals surface area (Å²) < 4.78 is 0. The first-order chi connectivity index (χ1) is 11.2. The molecule has 0 saturated carbocycles. The normalized spacial score (nSPS) is 10.9. The number of carbonyl (C=O) groups excluding carboxylic acids is 1. The van der Waals surface area contributed by atoms with E-state index < -0.39 is 0 Å². The minimum absolute atomic E-state index is 0.129. The van der Waals surface area contributed by atoms with Crippen LogP contribution >= 0.6 is 0 Å². The van der Waals surface area contributed by atoms with Gasteiger partial charge in [-0.2, -0.15) is 0 Å². The van der Waals surface area contributed by atoms with Gasteiger partial charge < -0.3 is 15.4 Å². The second kappa shape index (κ2) is 6.62. The molecule has 0 aliphatic rings. The Kier molecular flexibility index (Phi) is 4.39. The lowest BCUT2D eigenvalue weighted by Gasteiger charge is -2.08. The van der Waals surface area contributed by atoms with Crippen molar-refractivity contribution < 1.29 is 9.90 Å². The van der Waals surface area contributed by atoms with E-state index in [1.165, 1.54) is 5.56 Å². The second-order valence-corrected chi connectivity index (χ2v) is 5.42. The Hall–Kier alpha value is -2.66. The van der Waals surface area contributed by atoms with Crippen molar-refractivity contribution in [1.29, 1.82) is 0 Å². The number of hydrogen-bond acceptors (Lipinski definition) is 3. The van der Waals surface area contributed by atoms with Crippen LogP contribution < -0.4 is 5.32 Å². The van der Waals surface area contributed by atoms with Gasteiger partial charge in [-0.1, -0.05) is 25.1 Å². The van der Waals surface area contributed by atoms with E-state index in [-0.39, 0.29) is 18.9 Å². The van der Waals surface area contributed by atoms with Crippen LogP contribution in [-0.4, -0.2) is 21.0 Å². The van der Waals surface area contributed by atoms with E-state index in [0.29, 0.717) is 11.3 Å². The lowest BCUT2D eigenvalue weighted by atomic mass is 10.1. The highest BCUT2D eigenvalue weighted by Crippen LogP contribution is 2.23. The molecule has 0 bridgehead atoms. The fourth-order valence-corrected chi connectivity index (χ4v) is 2.76. The Labute approximate surface area is 134 Å². The maximum atomic E-state index is 12.3. The number of pyridine rings is 1. The number of aliphatic hydroxyl groups is 1. The number of aryl methyl sites for hydroxylation is 1. The van der Waals surface area contributed by atoms with E-state index in [1.807, 2.05) is 18.3 Å². The monoisotopic (exact) mass is 309 g/mol.